The van der Waals surface area contributed by atoms with Gasteiger partial charge in [0.25, 0.3) is 5.91 Å². The second kappa shape index (κ2) is 7.05. The maximum atomic E-state index is 13.1. The Morgan fingerprint density at radius 3 is 2.72 bits per heavy atom. The van der Waals surface area contributed by atoms with Crippen LogP contribution in [0.5, 0.6) is 11.5 Å². The van der Waals surface area contributed by atoms with Crippen LogP contribution in [0, 0.1) is 0 Å². The second-order valence-electron chi connectivity index (χ2n) is 6.22. The number of amides is 1. The molecule has 0 bridgehead atoms. The van der Waals surface area contributed by atoms with E-state index in [9.17, 15) is 9.90 Å². The molecule has 132 valence electrons. The van der Waals surface area contributed by atoms with E-state index in [1.807, 2.05) is 49.1 Å². The van der Waals surface area contributed by atoms with Crippen LogP contribution in [0.4, 0.5) is 5.69 Å². The Morgan fingerprint density at radius 1 is 1.24 bits per heavy atom. The van der Waals surface area contributed by atoms with Gasteiger partial charge in [-0.3, -0.25) is 4.79 Å². The summed E-state index contributed by atoms with van der Waals surface area (Å²) in [5, 5.41) is 13.4. The monoisotopic (exact) mass is 340 g/mol. The van der Waals surface area contributed by atoms with Crippen LogP contribution in [0.1, 0.15) is 49.3 Å². The van der Waals surface area contributed by atoms with Crippen molar-refractivity contribution >= 4 is 11.6 Å². The lowest BCUT2D eigenvalue weighted by molar-refractivity contribution is 0.0593. The third-order valence-electron chi connectivity index (χ3n) is 4.63. The number of phenolic OH excluding ortho intramolecular Hbond substituents is 1. The molecule has 0 saturated carbocycles. The molecule has 0 saturated heterocycles. The van der Waals surface area contributed by atoms with Gasteiger partial charge in [0.2, 0.25) is 0 Å². The molecule has 0 aromatic heterocycles. The molecule has 1 aliphatic rings. The number of phenols is 1. The van der Waals surface area contributed by atoms with Crippen molar-refractivity contribution in [2.24, 2.45) is 0 Å². The third-order valence-corrected chi connectivity index (χ3v) is 4.63. The van der Waals surface area contributed by atoms with Crippen molar-refractivity contribution in [2.45, 2.75) is 39.4 Å². The number of benzene rings is 2. The Kier molecular flexibility index (Phi) is 4.83. The highest BCUT2D eigenvalue weighted by atomic mass is 16.5. The lowest BCUT2D eigenvalue weighted by atomic mass is 10.0. The average molecular weight is 340 g/mol. The van der Waals surface area contributed by atoms with Gasteiger partial charge < -0.3 is 20.1 Å². The summed E-state index contributed by atoms with van der Waals surface area (Å²) in [4.78, 5) is 14.9. The van der Waals surface area contributed by atoms with Crippen LogP contribution < -0.4 is 10.1 Å². The largest absolute Gasteiger partial charge is 0.504 e. The molecule has 0 unspecified atom stereocenters. The molecule has 5 heteroatoms. The van der Waals surface area contributed by atoms with E-state index in [0.717, 1.165) is 17.7 Å². The molecule has 0 fully saturated rings. The van der Waals surface area contributed by atoms with Gasteiger partial charge in [0, 0.05) is 11.7 Å². The molecule has 0 aliphatic carbocycles. The van der Waals surface area contributed by atoms with Gasteiger partial charge in [-0.1, -0.05) is 25.1 Å². The summed E-state index contributed by atoms with van der Waals surface area (Å²) in [6.45, 7) is 6.45. The van der Waals surface area contributed by atoms with E-state index in [4.69, 9.17) is 4.74 Å². The van der Waals surface area contributed by atoms with Crippen LogP contribution in [0.25, 0.3) is 0 Å². The zero-order valence-electron chi connectivity index (χ0n) is 14.8. The minimum Gasteiger partial charge on any atom is -0.504 e. The molecule has 2 N–H and O–H groups in total. The van der Waals surface area contributed by atoms with Crippen LogP contribution in [0.3, 0.4) is 0 Å². The lowest BCUT2D eigenvalue weighted by Gasteiger charge is -2.41. The van der Waals surface area contributed by atoms with E-state index in [0.29, 0.717) is 17.9 Å². The molecule has 0 radical (unpaired) electrons. The molecule has 0 spiro atoms. The van der Waals surface area contributed by atoms with Crippen molar-refractivity contribution in [2.75, 3.05) is 11.9 Å². The molecule has 2 atom stereocenters. The highest BCUT2D eigenvalue weighted by Crippen LogP contribution is 2.37. The standard InChI is InChI=1S/C20H24N2O3/c1-4-13(3)22-19(14-10-11-17(23)18(12-14)25-5-2)21-16-9-7-6-8-15(16)20(22)24/h6-13,19,21,23H,4-5H2,1-3H3/t13-,19-/m0/s1. The van der Waals surface area contributed by atoms with Gasteiger partial charge in [-0.15, -0.1) is 0 Å². The minimum atomic E-state index is -0.308. The fourth-order valence-electron chi connectivity index (χ4n) is 3.14. The van der Waals surface area contributed by atoms with E-state index in [1.54, 1.807) is 12.1 Å². The molecular formula is C20H24N2O3. The van der Waals surface area contributed by atoms with Crippen LogP contribution >= 0.6 is 0 Å². The zero-order valence-corrected chi connectivity index (χ0v) is 14.8. The van der Waals surface area contributed by atoms with Crippen LogP contribution in [-0.4, -0.2) is 28.6 Å². The van der Waals surface area contributed by atoms with Crippen molar-refractivity contribution < 1.29 is 14.6 Å². The first kappa shape index (κ1) is 17.1. The quantitative estimate of drug-likeness (QED) is 0.858. The van der Waals surface area contributed by atoms with Gasteiger partial charge in [0.15, 0.2) is 11.5 Å². The summed E-state index contributed by atoms with van der Waals surface area (Å²) in [6, 6.07) is 12.9. The molecule has 1 heterocycles. The van der Waals surface area contributed by atoms with Crippen LogP contribution in [0.15, 0.2) is 42.5 Å². The fraction of sp³-hybridized carbons (Fsp3) is 0.350. The fourth-order valence-corrected chi connectivity index (χ4v) is 3.14. The van der Waals surface area contributed by atoms with Crippen molar-refractivity contribution in [3.05, 3.63) is 53.6 Å². The third kappa shape index (κ3) is 3.14. The molecule has 2 aromatic rings. The van der Waals surface area contributed by atoms with Crippen molar-refractivity contribution in [3.63, 3.8) is 0 Å². The minimum absolute atomic E-state index is 0.0136. The first-order valence-electron chi connectivity index (χ1n) is 8.70. The normalized spacial score (nSPS) is 17.6. The number of nitrogens with zero attached hydrogens (tertiary/aromatic N) is 1. The van der Waals surface area contributed by atoms with Crippen molar-refractivity contribution in [1.82, 2.24) is 4.90 Å². The van der Waals surface area contributed by atoms with Crippen LogP contribution in [-0.2, 0) is 0 Å². The highest BCUT2D eigenvalue weighted by molar-refractivity contribution is 6.01. The summed E-state index contributed by atoms with van der Waals surface area (Å²) < 4.78 is 5.51. The SMILES string of the molecule is CCOc1cc([C@H]2Nc3ccccc3C(=O)N2[C@@H](C)CC)ccc1O. The summed E-state index contributed by atoms with van der Waals surface area (Å²) in [7, 11) is 0. The van der Waals surface area contributed by atoms with Gasteiger partial charge in [-0.05, 0) is 50.1 Å². The highest BCUT2D eigenvalue weighted by Gasteiger charge is 2.35. The van der Waals surface area contributed by atoms with Gasteiger partial charge in [0.05, 0.1) is 12.2 Å². The Morgan fingerprint density at radius 2 is 2.00 bits per heavy atom. The number of anilines is 1. The molecule has 25 heavy (non-hydrogen) atoms. The number of para-hydroxylation sites is 1. The Bertz CT molecular complexity index is 775. The van der Waals surface area contributed by atoms with Gasteiger partial charge in [-0.2, -0.15) is 0 Å². The van der Waals surface area contributed by atoms with Crippen molar-refractivity contribution in [1.29, 1.82) is 0 Å². The van der Waals surface area contributed by atoms with E-state index in [1.165, 1.54) is 0 Å². The Balaban J connectivity index is 2.06. The molecule has 1 amide bonds. The van der Waals surface area contributed by atoms with E-state index >= 15 is 0 Å². The maximum absolute atomic E-state index is 13.1. The predicted molar refractivity (Wildman–Crippen MR) is 98.0 cm³/mol. The average Bonchev–Trinajstić information content (AvgIpc) is 2.63. The number of hydrogen-bond donors (Lipinski definition) is 2. The predicted octanol–water partition coefficient (Wildman–Crippen LogP) is 4.16. The molecule has 1 aliphatic heterocycles. The van der Waals surface area contributed by atoms with E-state index < -0.39 is 0 Å². The summed E-state index contributed by atoms with van der Waals surface area (Å²) in [6.07, 6.45) is 0.542. The molecule has 3 rings (SSSR count). The number of carbonyl (C=O) groups is 1. The number of hydrogen-bond acceptors (Lipinski definition) is 4. The van der Waals surface area contributed by atoms with Gasteiger partial charge in [-0.25, -0.2) is 0 Å². The second-order valence-corrected chi connectivity index (χ2v) is 6.22. The van der Waals surface area contributed by atoms with Crippen LogP contribution in [0.2, 0.25) is 0 Å². The molecular weight excluding hydrogens is 316 g/mol. The number of ether oxygens (including phenoxy) is 1. The number of nitrogens with one attached hydrogen (secondary N) is 1. The summed E-state index contributed by atoms with van der Waals surface area (Å²) in [5.74, 6) is 0.542. The van der Waals surface area contributed by atoms with Crippen molar-refractivity contribution in [3.8, 4) is 11.5 Å². The Hall–Kier alpha value is -2.69. The smallest absolute Gasteiger partial charge is 0.258 e. The molecule has 2 aromatic carbocycles. The first-order chi connectivity index (χ1) is 12.1. The van der Waals surface area contributed by atoms with Gasteiger partial charge >= 0.3 is 0 Å². The first-order valence-corrected chi connectivity index (χ1v) is 8.70. The number of aromatic hydroxyl groups is 1. The maximum Gasteiger partial charge on any atom is 0.258 e. The number of carbonyl (C=O) groups excluding carboxylic acids is 1. The van der Waals surface area contributed by atoms with Gasteiger partial charge in [0.1, 0.15) is 6.17 Å². The number of fused-ring (bicyclic) bond motifs is 1. The number of rotatable bonds is 5. The zero-order chi connectivity index (χ0) is 18.0. The van der Waals surface area contributed by atoms with E-state index in [2.05, 4.69) is 12.2 Å². The van der Waals surface area contributed by atoms with E-state index in [-0.39, 0.29) is 23.9 Å². The summed E-state index contributed by atoms with van der Waals surface area (Å²) in [5.41, 5.74) is 2.38. The molecule has 5 nitrogen and oxygen atoms in total. The summed E-state index contributed by atoms with van der Waals surface area (Å²) >= 11 is 0. The lowest BCUT2D eigenvalue weighted by Crippen LogP contribution is -2.47. The topological polar surface area (TPSA) is 61.8 Å². The Labute approximate surface area is 148 Å².